The molecule has 0 bridgehead atoms. The zero-order valence-corrected chi connectivity index (χ0v) is 22.7. The zero-order chi connectivity index (χ0) is 24.6. The Morgan fingerprint density at radius 2 is 1.66 bits per heavy atom. The van der Waals surface area contributed by atoms with Gasteiger partial charge in [0.15, 0.2) is 11.6 Å². The maximum atomic E-state index is 13.3. The molecule has 1 N–H and O–H groups in total. The number of para-hydroxylation sites is 1. The minimum Gasteiger partial charge on any atom is -0.512 e. The number of pyridine rings is 1. The van der Waals surface area contributed by atoms with Crippen molar-refractivity contribution in [1.82, 2.24) is 4.98 Å². The summed E-state index contributed by atoms with van der Waals surface area (Å²) in [6, 6.07) is 21.5. The SMILES string of the molecule is CC(=O)/C=C(/C)O.Cc1[c-]c(-c2nc3ccccc3c3c2-c2c(C)cccc2C3=O)cc(C)c1.[Ir]. The van der Waals surface area contributed by atoms with Crippen LogP contribution in [0.1, 0.15) is 46.5 Å². The maximum Gasteiger partial charge on any atom is 0.194 e. The van der Waals surface area contributed by atoms with E-state index in [4.69, 9.17) is 10.1 Å². The molecule has 1 aliphatic rings. The van der Waals surface area contributed by atoms with E-state index < -0.39 is 0 Å². The number of allylic oxidation sites excluding steroid dienone is 2. The number of aliphatic hydroxyl groups is 1. The summed E-state index contributed by atoms with van der Waals surface area (Å²) in [4.78, 5) is 28.3. The molecule has 0 fully saturated rings. The summed E-state index contributed by atoms with van der Waals surface area (Å²) in [5.41, 5.74) is 9.48. The molecule has 3 aromatic carbocycles. The van der Waals surface area contributed by atoms with Gasteiger partial charge in [-0.1, -0.05) is 50.2 Å². The number of aryl methyl sites for hydroxylation is 3. The molecule has 0 saturated heterocycles. The Morgan fingerprint density at radius 3 is 2.29 bits per heavy atom. The fourth-order valence-corrected chi connectivity index (χ4v) is 4.53. The van der Waals surface area contributed by atoms with Crippen LogP contribution in [0.2, 0.25) is 0 Å². The third kappa shape index (κ3) is 5.17. The molecule has 0 aliphatic heterocycles. The van der Waals surface area contributed by atoms with Crippen molar-refractivity contribution >= 4 is 22.5 Å². The van der Waals surface area contributed by atoms with Crippen LogP contribution >= 0.6 is 0 Å². The smallest absolute Gasteiger partial charge is 0.194 e. The van der Waals surface area contributed by atoms with Crippen molar-refractivity contribution < 1.29 is 34.8 Å². The first-order chi connectivity index (χ1) is 16.2. The van der Waals surface area contributed by atoms with Crippen LogP contribution in [0.5, 0.6) is 0 Å². The number of ketones is 2. The second kappa shape index (κ2) is 10.5. The van der Waals surface area contributed by atoms with Gasteiger partial charge in [0.25, 0.3) is 0 Å². The molecule has 0 saturated carbocycles. The van der Waals surface area contributed by atoms with E-state index in [9.17, 15) is 9.59 Å². The number of nitrogens with zero attached hydrogens (tertiary/aromatic N) is 1. The van der Waals surface area contributed by atoms with E-state index in [1.54, 1.807) is 0 Å². The van der Waals surface area contributed by atoms with Crippen molar-refractivity contribution in [1.29, 1.82) is 0 Å². The topological polar surface area (TPSA) is 67.3 Å². The molecule has 4 nitrogen and oxygen atoms in total. The average Bonchev–Trinajstić information content (AvgIpc) is 3.06. The van der Waals surface area contributed by atoms with Gasteiger partial charge >= 0.3 is 0 Å². The van der Waals surface area contributed by atoms with Gasteiger partial charge in [0.2, 0.25) is 0 Å². The summed E-state index contributed by atoms with van der Waals surface area (Å²) in [6.45, 7) is 9.03. The van der Waals surface area contributed by atoms with Crippen LogP contribution in [0, 0.1) is 26.8 Å². The van der Waals surface area contributed by atoms with Crippen LogP contribution in [0.15, 0.2) is 66.4 Å². The number of carbonyl (C=O) groups excluding carboxylic acids is 2. The second-order valence-electron chi connectivity index (χ2n) is 8.70. The molecule has 1 radical (unpaired) electrons. The van der Waals surface area contributed by atoms with Crippen LogP contribution in [0.4, 0.5) is 0 Å². The molecule has 1 aromatic heterocycles. The van der Waals surface area contributed by atoms with Gasteiger partial charge in [-0.05, 0) is 49.2 Å². The van der Waals surface area contributed by atoms with E-state index in [0.29, 0.717) is 0 Å². The van der Waals surface area contributed by atoms with Gasteiger partial charge in [0.1, 0.15) is 0 Å². The minimum absolute atomic E-state index is 0. The summed E-state index contributed by atoms with van der Waals surface area (Å²) in [7, 11) is 0. The molecule has 0 atom stereocenters. The predicted molar refractivity (Wildman–Crippen MR) is 136 cm³/mol. The van der Waals surface area contributed by atoms with E-state index >= 15 is 0 Å². The Hall–Kier alpha value is -3.40. The number of hydrogen-bond donors (Lipinski definition) is 1. The molecule has 0 unspecified atom stereocenters. The molecule has 179 valence electrons. The van der Waals surface area contributed by atoms with Crippen molar-refractivity contribution in [2.24, 2.45) is 0 Å². The van der Waals surface area contributed by atoms with Gasteiger partial charge in [-0.15, -0.1) is 34.9 Å². The Bertz CT molecular complexity index is 1480. The van der Waals surface area contributed by atoms with Crippen LogP contribution in [0.25, 0.3) is 33.3 Å². The standard InChI is InChI=1S/C25H18NO.C5H8O2.Ir/c1-14-11-15(2)13-17(12-14)24-23-21-16(3)7-6-9-19(21)25(27)22(23)18-8-4-5-10-20(18)26-24;1-4(6)3-5(2)7;/h4-12H,1-3H3;3,6H,1-2H3;/q-1;;/b;4-3-;. The molecule has 5 rings (SSSR count). The molecule has 1 aliphatic carbocycles. The van der Waals surface area contributed by atoms with E-state index in [0.717, 1.165) is 55.5 Å². The average molecular weight is 641 g/mol. The molecule has 5 heteroatoms. The van der Waals surface area contributed by atoms with Crippen molar-refractivity contribution in [2.75, 3.05) is 0 Å². The number of hydrogen-bond acceptors (Lipinski definition) is 4. The van der Waals surface area contributed by atoms with Crippen LogP contribution in [-0.2, 0) is 24.9 Å². The quantitative estimate of drug-likeness (QED) is 0.130. The first kappa shape index (κ1) is 26.2. The van der Waals surface area contributed by atoms with Crippen molar-refractivity contribution in [3.05, 3.63) is 100 Å². The first-order valence-corrected chi connectivity index (χ1v) is 11.1. The third-order valence-electron chi connectivity index (χ3n) is 5.70. The summed E-state index contributed by atoms with van der Waals surface area (Å²) in [5, 5.41) is 9.28. The van der Waals surface area contributed by atoms with Crippen LogP contribution in [0.3, 0.4) is 0 Å². The summed E-state index contributed by atoms with van der Waals surface area (Å²) < 4.78 is 0. The largest absolute Gasteiger partial charge is 0.512 e. The van der Waals surface area contributed by atoms with Crippen LogP contribution < -0.4 is 0 Å². The van der Waals surface area contributed by atoms with E-state index in [1.165, 1.54) is 25.5 Å². The normalized spacial score (nSPS) is 11.8. The number of rotatable bonds is 2. The van der Waals surface area contributed by atoms with Gasteiger partial charge < -0.3 is 5.11 Å². The van der Waals surface area contributed by atoms with Gasteiger partial charge in [0.05, 0.1) is 11.3 Å². The molecule has 4 aromatic rings. The minimum atomic E-state index is -0.125. The number of aromatic nitrogens is 1. The van der Waals surface area contributed by atoms with Gasteiger partial charge in [0, 0.05) is 42.7 Å². The van der Waals surface area contributed by atoms with Crippen molar-refractivity contribution in [2.45, 2.75) is 34.6 Å². The van der Waals surface area contributed by atoms with Crippen molar-refractivity contribution in [3.63, 3.8) is 0 Å². The Labute approximate surface area is 219 Å². The first-order valence-electron chi connectivity index (χ1n) is 11.1. The second-order valence-corrected chi connectivity index (χ2v) is 8.70. The molecule has 1 heterocycles. The number of aliphatic hydroxyl groups excluding tert-OH is 1. The number of fused-ring (bicyclic) bond motifs is 5. The van der Waals surface area contributed by atoms with E-state index in [2.05, 4.69) is 38.1 Å². The fraction of sp³-hybridized carbons (Fsp3) is 0.167. The van der Waals surface area contributed by atoms with Crippen LogP contribution in [-0.4, -0.2) is 21.7 Å². The fourth-order valence-electron chi connectivity index (χ4n) is 4.53. The molecule has 0 amide bonds. The summed E-state index contributed by atoms with van der Waals surface area (Å²) >= 11 is 0. The van der Waals surface area contributed by atoms with Gasteiger partial charge in [-0.25, -0.2) is 0 Å². The van der Waals surface area contributed by atoms with Crippen molar-refractivity contribution in [3.8, 4) is 22.4 Å². The predicted octanol–water partition coefficient (Wildman–Crippen LogP) is 6.87. The Morgan fingerprint density at radius 1 is 0.943 bits per heavy atom. The Balaban J connectivity index is 0.000000378. The summed E-state index contributed by atoms with van der Waals surface area (Å²) in [5.74, 6) is 0.0282. The molecule has 35 heavy (non-hydrogen) atoms. The van der Waals surface area contributed by atoms with E-state index in [1.807, 2.05) is 43.3 Å². The monoisotopic (exact) mass is 641 g/mol. The van der Waals surface area contributed by atoms with Gasteiger partial charge in [-0.3, -0.25) is 14.6 Å². The Kier molecular flexibility index (Phi) is 7.84. The number of benzene rings is 3. The van der Waals surface area contributed by atoms with E-state index in [-0.39, 0.29) is 37.4 Å². The summed E-state index contributed by atoms with van der Waals surface area (Å²) in [6.07, 6.45) is 1.17. The molecular formula is C30H26IrNO3-. The molecule has 0 spiro atoms. The third-order valence-corrected chi connectivity index (χ3v) is 5.70. The van der Waals surface area contributed by atoms with Gasteiger partial charge in [-0.2, -0.15) is 0 Å². The maximum absolute atomic E-state index is 13.3. The number of carbonyl (C=O) groups is 2. The zero-order valence-electron chi connectivity index (χ0n) is 20.3. The molecular weight excluding hydrogens is 615 g/mol.